The summed E-state index contributed by atoms with van der Waals surface area (Å²) in [6, 6.07) is 7.17. The lowest BCUT2D eigenvalue weighted by atomic mass is 10.1. The van der Waals surface area contributed by atoms with Gasteiger partial charge in [0.1, 0.15) is 5.76 Å². The molecule has 3 rings (SSSR count). The number of carbonyl (C=O) groups is 4. The van der Waals surface area contributed by atoms with Crippen LogP contribution in [0.4, 0.5) is 0 Å². The standard InChI is InChI=1S/C20H20N2O7/c1-12(10-27-2)21-17(23)11-29-20(26)13-5-6-15-16(8-13)19(25)22(18(15)24)9-14-4-3-7-28-14/h3-8,12H,9-11H2,1-2H3,(H,21,23). The molecule has 3 amide bonds. The first-order chi connectivity index (χ1) is 13.9. The van der Waals surface area contributed by atoms with E-state index in [1.54, 1.807) is 19.1 Å². The molecule has 1 aromatic carbocycles. The van der Waals surface area contributed by atoms with E-state index in [9.17, 15) is 19.2 Å². The molecule has 1 aromatic heterocycles. The molecular formula is C20H20N2O7. The highest BCUT2D eigenvalue weighted by molar-refractivity contribution is 6.21. The molecule has 0 fully saturated rings. The minimum absolute atomic E-state index is 0.00104. The zero-order valence-corrected chi connectivity index (χ0v) is 16.0. The van der Waals surface area contributed by atoms with Crippen LogP contribution in [0, 0.1) is 0 Å². The number of nitrogens with one attached hydrogen (secondary N) is 1. The van der Waals surface area contributed by atoms with E-state index in [1.165, 1.54) is 31.6 Å². The topological polar surface area (TPSA) is 115 Å². The molecule has 0 bridgehead atoms. The number of fused-ring (bicyclic) bond motifs is 1. The predicted octanol–water partition coefficient (Wildman–Crippen LogP) is 1.38. The summed E-state index contributed by atoms with van der Waals surface area (Å²) < 4.78 is 15.1. The minimum atomic E-state index is -0.771. The lowest BCUT2D eigenvalue weighted by Gasteiger charge is -2.12. The monoisotopic (exact) mass is 400 g/mol. The molecule has 0 spiro atoms. The van der Waals surface area contributed by atoms with Crippen molar-refractivity contribution in [1.82, 2.24) is 10.2 Å². The molecule has 1 atom stereocenters. The Morgan fingerprint density at radius 1 is 1.17 bits per heavy atom. The normalized spacial score (nSPS) is 13.9. The molecule has 9 heteroatoms. The van der Waals surface area contributed by atoms with Gasteiger partial charge in [-0.25, -0.2) is 4.79 Å². The second-order valence-electron chi connectivity index (χ2n) is 6.54. The van der Waals surface area contributed by atoms with Crippen LogP contribution in [0.3, 0.4) is 0 Å². The predicted molar refractivity (Wildman–Crippen MR) is 99.1 cm³/mol. The number of furan rings is 1. The largest absolute Gasteiger partial charge is 0.467 e. The van der Waals surface area contributed by atoms with Gasteiger partial charge in [0.25, 0.3) is 17.7 Å². The van der Waals surface area contributed by atoms with Crippen molar-refractivity contribution in [1.29, 1.82) is 0 Å². The zero-order valence-electron chi connectivity index (χ0n) is 16.0. The van der Waals surface area contributed by atoms with Gasteiger partial charge in [-0.15, -0.1) is 0 Å². The average molecular weight is 400 g/mol. The van der Waals surface area contributed by atoms with E-state index in [2.05, 4.69) is 5.32 Å². The van der Waals surface area contributed by atoms with Gasteiger partial charge < -0.3 is 19.2 Å². The molecule has 9 nitrogen and oxygen atoms in total. The van der Waals surface area contributed by atoms with Crippen LogP contribution in [0.1, 0.15) is 43.8 Å². The molecular weight excluding hydrogens is 380 g/mol. The number of benzene rings is 1. The van der Waals surface area contributed by atoms with Crippen LogP contribution in [0.15, 0.2) is 41.0 Å². The smallest absolute Gasteiger partial charge is 0.338 e. The second kappa shape index (κ2) is 8.70. The molecule has 0 saturated heterocycles. The maximum atomic E-state index is 12.6. The van der Waals surface area contributed by atoms with Gasteiger partial charge in [0.2, 0.25) is 0 Å². The number of nitrogens with zero attached hydrogens (tertiary/aromatic N) is 1. The molecule has 2 heterocycles. The Bertz CT molecular complexity index is 936. The summed E-state index contributed by atoms with van der Waals surface area (Å²) in [5, 5.41) is 2.61. The maximum absolute atomic E-state index is 12.6. The lowest BCUT2D eigenvalue weighted by molar-refractivity contribution is -0.125. The summed E-state index contributed by atoms with van der Waals surface area (Å²) in [7, 11) is 1.51. The van der Waals surface area contributed by atoms with E-state index in [1.807, 2.05) is 0 Å². The number of amides is 3. The fourth-order valence-corrected chi connectivity index (χ4v) is 2.94. The number of hydrogen-bond acceptors (Lipinski definition) is 7. The van der Waals surface area contributed by atoms with Crippen molar-refractivity contribution in [2.75, 3.05) is 20.3 Å². The molecule has 2 aromatic rings. The molecule has 1 aliphatic heterocycles. The summed E-state index contributed by atoms with van der Waals surface area (Å²) in [6.07, 6.45) is 1.45. The van der Waals surface area contributed by atoms with Gasteiger partial charge in [0.15, 0.2) is 6.61 Å². The average Bonchev–Trinajstić information content (AvgIpc) is 3.29. The van der Waals surface area contributed by atoms with Crippen LogP contribution < -0.4 is 5.32 Å². The maximum Gasteiger partial charge on any atom is 0.338 e. The van der Waals surface area contributed by atoms with E-state index >= 15 is 0 Å². The molecule has 1 N–H and O–H groups in total. The van der Waals surface area contributed by atoms with Gasteiger partial charge in [-0.05, 0) is 37.3 Å². The van der Waals surface area contributed by atoms with Gasteiger partial charge in [0, 0.05) is 13.2 Å². The third kappa shape index (κ3) is 4.52. The van der Waals surface area contributed by atoms with E-state index in [0.29, 0.717) is 12.4 Å². The van der Waals surface area contributed by atoms with Crippen molar-refractivity contribution < 1.29 is 33.1 Å². The molecule has 0 aliphatic carbocycles. The Balaban J connectivity index is 1.64. The van der Waals surface area contributed by atoms with Crippen LogP contribution in [0.25, 0.3) is 0 Å². The van der Waals surface area contributed by atoms with E-state index < -0.39 is 30.3 Å². The highest BCUT2D eigenvalue weighted by Gasteiger charge is 2.36. The number of hydrogen-bond donors (Lipinski definition) is 1. The number of methoxy groups -OCH3 is 1. The lowest BCUT2D eigenvalue weighted by Crippen LogP contribution is -2.38. The first-order valence-electron chi connectivity index (χ1n) is 8.88. The van der Waals surface area contributed by atoms with Gasteiger partial charge in [-0.1, -0.05) is 0 Å². The Kier molecular flexibility index (Phi) is 6.08. The van der Waals surface area contributed by atoms with Gasteiger partial charge in [-0.2, -0.15) is 0 Å². The Hall–Kier alpha value is -3.46. The van der Waals surface area contributed by atoms with Crippen molar-refractivity contribution in [3.05, 3.63) is 59.0 Å². The first kappa shape index (κ1) is 20.3. The Morgan fingerprint density at radius 2 is 1.93 bits per heavy atom. The summed E-state index contributed by atoms with van der Waals surface area (Å²) in [4.78, 5) is 50.1. The van der Waals surface area contributed by atoms with Crippen LogP contribution in [0.2, 0.25) is 0 Å². The van der Waals surface area contributed by atoms with Gasteiger partial charge in [0.05, 0.1) is 36.1 Å². The van der Waals surface area contributed by atoms with Crippen molar-refractivity contribution in [2.24, 2.45) is 0 Å². The summed E-state index contributed by atoms with van der Waals surface area (Å²) >= 11 is 0. The molecule has 1 unspecified atom stereocenters. The fourth-order valence-electron chi connectivity index (χ4n) is 2.94. The van der Waals surface area contributed by atoms with Crippen LogP contribution >= 0.6 is 0 Å². The fraction of sp³-hybridized carbons (Fsp3) is 0.300. The van der Waals surface area contributed by atoms with Crippen molar-refractivity contribution in [3.8, 4) is 0 Å². The highest BCUT2D eigenvalue weighted by Crippen LogP contribution is 2.26. The zero-order chi connectivity index (χ0) is 21.0. The SMILES string of the molecule is COCC(C)NC(=O)COC(=O)c1ccc2c(c1)C(=O)N(Cc1ccco1)C2=O. The number of rotatable bonds is 8. The second-order valence-corrected chi connectivity index (χ2v) is 6.54. The van der Waals surface area contributed by atoms with Crippen molar-refractivity contribution in [3.63, 3.8) is 0 Å². The number of carbonyl (C=O) groups excluding carboxylic acids is 4. The quantitative estimate of drug-likeness (QED) is 0.526. The molecule has 152 valence electrons. The Morgan fingerprint density at radius 3 is 2.62 bits per heavy atom. The number of esters is 1. The third-order valence-electron chi connectivity index (χ3n) is 4.26. The van der Waals surface area contributed by atoms with Crippen LogP contribution in [-0.4, -0.2) is 55.0 Å². The summed E-state index contributed by atoms with van der Waals surface area (Å²) in [6.45, 7) is 1.61. The highest BCUT2D eigenvalue weighted by atomic mass is 16.5. The minimum Gasteiger partial charge on any atom is -0.467 e. The molecule has 1 aliphatic rings. The van der Waals surface area contributed by atoms with Crippen molar-refractivity contribution >= 4 is 23.7 Å². The first-order valence-corrected chi connectivity index (χ1v) is 8.88. The number of imide groups is 1. The molecule has 0 radical (unpaired) electrons. The van der Waals surface area contributed by atoms with E-state index in [-0.39, 0.29) is 29.3 Å². The summed E-state index contributed by atoms with van der Waals surface area (Å²) in [5.74, 6) is -1.77. The summed E-state index contributed by atoms with van der Waals surface area (Å²) in [5.41, 5.74) is 0.376. The van der Waals surface area contributed by atoms with Gasteiger partial charge >= 0.3 is 5.97 Å². The Labute approximate surface area is 166 Å². The van der Waals surface area contributed by atoms with Gasteiger partial charge in [-0.3, -0.25) is 19.3 Å². The van der Waals surface area contributed by atoms with Crippen molar-refractivity contribution in [2.45, 2.75) is 19.5 Å². The molecule has 0 saturated carbocycles. The van der Waals surface area contributed by atoms with E-state index in [0.717, 1.165) is 4.90 Å². The number of ether oxygens (including phenoxy) is 2. The molecule has 29 heavy (non-hydrogen) atoms. The van der Waals surface area contributed by atoms with Crippen LogP contribution in [-0.2, 0) is 20.8 Å². The van der Waals surface area contributed by atoms with Crippen LogP contribution in [0.5, 0.6) is 0 Å². The van der Waals surface area contributed by atoms with E-state index in [4.69, 9.17) is 13.9 Å². The third-order valence-corrected chi connectivity index (χ3v) is 4.26.